The Bertz CT molecular complexity index is 926. The van der Waals surface area contributed by atoms with Gasteiger partial charge in [0, 0.05) is 17.8 Å². The molecule has 0 aromatic heterocycles. The number of methoxy groups -OCH3 is 3. The van der Waals surface area contributed by atoms with Crippen molar-refractivity contribution in [3.05, 3.63) is 45.5 Å². The van der Waals surface area contributed by atoms with Gasteiger partial charge in [0.15, 0.2) is 18.1 Å². The highest BCUT2D eigenvalue weighted by Gasteiger charge is 2.21. The number of anilines is 1. The van der Waals surface area contributed by atoms with Crippen molar-refractivity contribution in [3.63, 3.8) is 0 Å². The van der Waals surface area contributed by atoms with Gasteiger partial charge in [-0.05, 0) is 62.4 Å². The number of ether oxygens (including phenoxy) is 4. The molecule has 0 aliphatic rings. The van der Waals surface area contributed by atoms with Crippen LogP contribution >= 0.6 is 0 Å². The van der Waals surface area contributed by atoms with E-state index in [-0.39, 0.29) is 0 Å². The Kier molecular flexibility index (Phi) is 7.32. The van der Waals surface area contributed by atoms with E-state index in [2.05, 4.69) is 5.32 Å². The van der Waals surface area contributed by atoms with Crippen LogP contribution in [0.3, 0.4) is 0 Å². The van der Waals surface area contributed by atoms with Crippen molar-refractivity contribution >= 4 is 17.6 Å². The molecule has 0 radical (unpaired) electrons. The monoisotopic (exact) mass is 415 g/mol. The van der Waals surface area contributed by atoms with E-state index in [9.17, 15) is 9.59 Å². The molecule has 30 heavy (non-hydrogen) atoms. The molecule has 0 aliphatic heterocycles. The van der Waals surface area contributed by atoms with Crippen molar-refractivity contribution in [2.45, 2.75) is 34.6 Å². The molecule has 0 unspecified atom stereocenters. The SMILES string of the molecule is COc1cc(NC(=O)COC(=O)c2c(C)c(C)c(C)c(C)c2C)cc(OC)c1OC. The Labute approximate surface area is 177 Å². The molecule has 1 N–H and O–H groups in total. The molecule has 0 heterocycles. The Morgan fingerprint density at radius 3 is 1.67 bits per heavy atom. The standard InChI is InChI=1S/C23H29NO6/c1-12-13(2)15(4)21(16(5)14(12)3)23(26)30-11-20(25)24-17-9-18(27-6)22(29-8)19(10-17)28-7/h9-10H,11H2,1-8H3,(H,24,25). The van der Waals surface area contributed by atoms with Gasteiger partial charge >= 0.3 is 5.97 Å². The number of carbonyl (C=O) groups is 2. The summed E-state index contributed by atoms with van der Waals surface area (Å²) < 4.78 is 21.1. The second-order valence-corrected chi connectivity index (χ2v) is 7.04. The van der Waals surface area contributed by atoms with Gasteiger partial charge in [0.25, 0.3) is 5.91 Å². The van der Waals surface area contributed by atoms with Gasteiger partial charge < -0.3 is 24.3 Å². The Morgan fingerprint density at radius 2 is 1.23 bits per heavy atom. The predicted octanol–water partition coefficient (Wildman–Crippen LogP) is 4.05. The fraction of sp³-hybridized carbons (Fsp3) is 0.391. The maximum Gasteiger partial charge on any atom is 0.339 e. The number of carbonyl (C=O) groups excluding carboxylic acids is 2. The van der Waals surface area contributed by atoms with Gasteiger partial charge in [-0.1, -0.05) is 0 Å². The third kappa shape index (κ3) is 4.50. The number of amides is 1. The zero-order valence-electron chi connectivity index (χ0n) is 18.8. The van der Waals surface area contributed by atoms with Gasteiger partial charge in [-0.2, -0.15) is 0 Å². The second kappa shape index (κ2) is 9.52. The molecule has 0 saturated heterocycles. The average Bonchev–Trinajstić information content (AvgIpc) is 2.74. The molecule has 0 atom stereocenters. The maximum absolute atomic E-state index is 12.7. The Hall–Kier alpha value is -3.22. The molecule has 7 heteroatoms. The smallest absolute Gasteiger partial charge is 0.339 e. The van der Waals surface area contributed by atoms with Crippen LogP contribution in [0.15, 0.2) is 12.1 Å². The first kappa shape index (κ1) is 23.1. The van der Waals surface area contributed by atoms with E-state index in [1.165, 1.54) is 21.3 Å². The fourth-order valence-electron chi connectivity index (χ4n) is 3.36. The normalized spacial score (nSPS) is 10.4. The summed E-state index contributed by atoms with van der Waals surface area (Å²) in [7, 11) is 4.47. The fourth-order valence-corrected chi connectivity index (χ4v) is 3.36. The molecule has 0 spiro atoms. The van der Waals surface area contributed by atoms with Gasteiger partial charge in [0.1, 0.15) is 0 Å². The third-order valence-corrected chi connectivity index (χ3v) is 5.49. The van der Waals surface area contributed by atoms with Gasteiger partial charge in [-0.15, -0.1) is 0 Å². The second-order valence-electron chi connectivity index (χ2n) is 7.04. The number of hydrogen-bond donors (Lipinski definition) is 1. The van der Waals surface area contributed by atoms with Crippen LogP contribution in [-0.4, -0.2) is 39.8 Å². The van der Waals surface area contributed by atoms with Crippen molar-refractivity contribution in [2.75, 3.05) is 33.3 Å². The minimum absolute atomic E-state index is 0.404. The number of esters is 1. The average molecular weight is 415 g/mol. The lowest BCUT2D eigenvalue weighted by Gasteiger charge is -2.18. The summed E-state index contributed by atoms with van der Waals surface area (Å²) in [6, 6.07) is 3.20. The van der Waals surface area contributed by atoms with Gasteiger partial charge in [0.2, 0.25) is 5.75 Å². The van der Waals surface area contributed by atoms with Crippen LogP contribution in [0.5, 0.6) is 17.2 Å². The number of nitrogens with one attached hydrogen (secondary N) is 1. The van der Waals surface area contributed by atoms with Crippen molar-refractivity contribution in [2.24, 2.45) is 0 Å². The summed E-state index contributed by atoms with van der Waals surface area (Å²) in [5.41, 5.74) is 5.92. The minimum atomic E-state index is -0.517. The van der Waals surface area contributed by atoms with Gasteiger partial charge in [0.05, 0.1) is 26.9 Å². The van der Waals surface area contributed by atoms with Crippen LogP contribution in [0, 0.1) is 34.6 Å². The molecule has 1 amide bonds. The summed E-state index contributed by atoms with van der Waals surface area (Å²) in [6.07, 6.45) is 0. The number of hydrogen-bond acceptors (Lipinski definition) is 6. The van der Waals surface area contributed by atoms with Crippen LogP contribution in [0.25, 0.3) is 0 Å². The summed E-state index contributed by atoms with van der Waals surface area (Å²) in [4.78, 5) is 25.0. The molecular weight excluding hydrogens is 386 g/mol. The lowest BCUT2D eigenvalue weighted by Crippen LogP contribution is -2.22. The molecule has 2 rings (SSSR count). The highest BCUT2D eigenvalue weighted by Crippen LogP contribution is 2.39. The van der Waals surface area contributed by atoms with E-state index in [1.54, 1.807) is 12.1 Å². The van der Waals surface area contributed by atoms with Gasteiger partial charge in [-0.25, -0.2) is 4.79 Å². The molecule has 2 aromatic carbocycles. The zero-order chi connectivity index (χ0) is 22.6. The zero-order valence-corrected chi connectivity index (χ0v) is 18.8. The molecule has 0 saturated carbocycles. The first-order valence-electron chi connectivity index (χ1n) is 9.50. The van der Waals surface area contributed by atoms with E-state index < -0.39 is 18.5 Å². The van der Waals surface area contributed by atoms with Crippen LogP contribution in [0.4, 0.5) is 5.69 Å². The van der Waals surface area contributed by atoms with Crippen LogP contribution < -0.4 is 19.5 Å². The van der Waals surface area contributed by atoms with Crippen molar-refractivity contribution in [1.82, 2.24) is 0 Å². The van der Waals surface area contributed by atoms with Crippen molar-refractivity contribution in [3.8, 4) is 17.2 Å². The first-order chi connectivity index (χ1) is 14.2. The number of rotatable bonds is 7. The first-order valence-corrected chi connectivity index (χ1v) is 9.50. The number of benzene rings is 2. The summed E-state index contributed by atoms with van der Waals surface area (Å²) in [5.74, 6) is 0.229. The summed E-state index contributed by atoms with van der Waals surface area (Å²) in [5, 5.41) is 2.68. The van der Waals surface area contributed by atoms with E-state index in [0.717, 1.165) is 27.8 Å². The van der Waals surface area contributed by atoms with Crippen LogP contribution in [-0.2, 0) is 9.53 Å². The quantitative estimate of drug-likeness (QED) is 0.687. The van der Waals surface area contributed by atoms with E-state index in [0.29, 0.717) is 28.5 Å². The predicted molar refractivity (Wildman–Crippen MR) is 115 cm³/mol. The van der Waals surface area contributed by atoms with E-state index >= 15 is 0 Å². The molecule has 162 valence electrons. The minimum Gasteiger partial charge on any atom is -0.493 e. The Morgan fingerprint density at radius 1 is 0.767 bits per heavy atom. The molecule has 0 fully saturated rings. The Balaban J connectivity index is 2.15. The summed E-state index contributed by atoms with van der Waals surface area (Å²) >= 11 is 0. The molecule has 0 bridgehead atoms. The highest BCUT2D eigenvalue weighted by molar-refractivity contribution is 5.97. The highest BCUT2D eigenvalue weighted by atomic mass is 16.5. The third-order valence-electron chi connectivity index (χ3n) is 5.49. The molecule has 0 aliphatic carbocycles. The topological polar surface area (TPSA) is 83.1 Å². The van der Waals surface area contributed by atoms with E-state index in [4.69, 9.17) is 18.9 Å². The molecule has 7 nitrogen and oxygen atoms in total. The molecule has 2 aromatic rings. The van der Waals surface area contributed by atoms with Crippen LogP contribution in [0.2, 0.25) is 0 Å². The molecular formula is C23H29NO6. The lowest BCUT2D eigenvalue weighted by atomic mass is 9.90. The summed E-state index contributed by atoms with van der Waals surface area (Å²) in [6.45, 7) is 9.35. The van der Waals surface area contributed by atoms with Gasteiger partial charge in [-0.3, -0.25) is 4.79 Å². The van der Waals surface area contributed by atoms with E-state index in [1.807, 2.05) is 34.6 Å². The van der Waals surface area contributed by atoms with Crippen LogP contribution in [0.1, 0.15) is 38.2 Å². The van der Waals surface area contributed by atoms with Crippen molar-refractivity contribution < 1.29 is 28.5 Å². The van der Waals surface area contributed by atoms with Crippen molar-refractivity contribution in [1.29, 1.82) is 0 Å². The largest absolute Gasteiger partial charge is 0.493 e. The lowest BCUT2D eigenvalue weighted by molar-refractivity contribution is -0.119. The maximum atomic E-state index is 12.7.